The molecule has 0 aliphatic heterocycles. The van der Waals surface area contributed by atoms with E-state index in [9.17, 15) is 4.79 Å². The molecule has 1 amide bonds. The maximum atomic E-state index is 11.5. The van der Waals surface area contributed by atoms with Gasteiger partial charge in [-0.2, -0.15) is 0 Å². The second-order valence-electron chi connectivity index (χ2n) is 5.25. The second-order valence-corrected chi connectivity index (χ2v) is 5.25. The Bertz CT molecular complexity index is 206. The summed E-state index contributed by atoms with van der Waals surface area (Å²) in [5.74, 6) is 1.08. The minimum Gasteiger partial charge on any atom is -0.380 e. The van der Waals surface area contributed by atoms with Gasteiger partial charge in [-0.3, -0.25) is 4.79 Å². The highest BCUT2D eigenvalue weighted by atomic mass is 16.5. The van der Waals surface area contributed by atoms with Crippen LogP contribution in [0, 0.1) is 11.8 Å². The molecule has 0 aliphatic carbocycles. The van der Waals surface area contributed by atoms with Crippen LogP contribution in [0.2, 0.25) is 0 Å². The SMILES string of the molecule is CC(C)COCCNCC(=O)NC(C)C(C)C. The first-order chi connectivity index (χ1) is 7.93. The lowest BCUT2D eigenvalue weighted by molar-refractivity contribution is -0.121. The van der Waals surface area contributed by atoms with Crippen LogP contribution >= 0.6 is 0 Å². The van der Waals surface area contributed by atoms with Crippen molar-refractivity contribution in [1.29, 1.82) is 0 Å². The molecule has 0 radical (unpaired) electrons. The van der Waals surface area contributed by atoms with Crippen LogP contribution in [-0.4, -0.2) is 38.3 Å². The monoisotopic (exact) mass is 244 g/mol. The molecule has 0 aromatic carbocycles. The maximum absolute atomic E-state index is 11.5. The summed E-state index contributed by atoms with van der Waals surface area (Å²) in [4.78, 5) is 11.5. The molecule has 17 heavy (non-hydrogen) atoms. The Morgan fingerprint density at radius 1 is 1.18 bits per heavy atom. The summed E-state index contributed by atoms with van der Waals surface area (Å²) < 4.78 is 5.40. The van der Waals surface area contributed by atoms with Crippen molar-refractivity contribution in [2.45, 2.75) is 40.7 Å². The van der Waals surface area contributed by atoms with Gasteiger partial charge in [-0.05, 0) is 18.8 Å². The highest BCUT2D eigenvalue weighted by Gasteiger charge is 2.09. The van der Waals surface area contributed by atoms with Crippen molar-refractivity contribution in [2.75, 3.05) is 26.3 Å². The first-order valence-corrected chi connectivity index (χ1v) is 6.51. The summed E-state index contributed by atoms with van der Waals surface area (Å²) in [5.41, 5.74) is 0. The molecule has 0 aliphatic rings. The fourth-order valence-corrected chi connectivity index (χ4v) is 1.14. The summed E-state index contributed by atoms with van der Waals surface area (Å²) in [7, 11) is 0. The third-order valence-corrected chi connectivity index (χ3v) is 2.55. The molecule has 0 heterocycles. The first-order valence-electron chi connectivity index (χ1n) is 6.51. The molecule has 0 saturated carbocycles. The number of amides is 1. The Morgan fingerprint density at radius 3 is 2.35 bits per heavy atom. The molecule has 1 atom stereocenters. The van der Waals surface area contributed by atoms with Crippen molar-refractivity contribution in [3.8, 4) is 0 Å². The zero-order valence-electron chi connectivity index (χ0n) is 11.9. The van der Waals surface area contributed by atoms with E-state index in [1.165, 1.54) is 0 Å². The van der Waals surface area contributed by atoms with E-state index >= 15 is 0 Å². The van der Waals surface area contributed by atoms with Gasteiger partial charge in [0, 0.05) is 19.2 Å². The Balaban J connectivity index is 3.39. The van der Waals surface area contributed by atoms with Crippen LogP contribution in [0.3, 0.4) is 0 Å². The van der Waals surface area contributed by atoms with E-state index < -0.39 is 0 Å². The lowest BCUT2D eigenvalue weighted by Crippen LogP contribution is -2.41. The van der Waals surface area contributed by atoms with E-state index in [4.69, 9.17) is 4.74 Å². The van der Waals surface area contributed by atoms with Gasteiger partial charge in [0.05, 0.1) is 13.2 Å². The molecule has 0 aromatic rings. The summed E-state index contributed by atoms with van der Waals surface area (Å²) in [5, 5.41) is 6.01. The third-order valence-electron chi connectivity index (χ3n) is 2.55. The van der Waals surface area contributed by atoms with Crippen molar-refractivity contribution in [1.82, 2.24) is 10.6 Å². The van der Waals surface area contributed by atoms with Crippen LogP contribution in [-0.2, 0) is 9.53 Å². The maximum Gasteiger partial charge on any atom is 0.234 e. The van der Waals surface area contributed by atoms with Crippen LogP contribution in [0.15, 0.2) is 0 Å². The zero-order chi connectivity index (χ0) is 13.3. The number of hydrogen-bond acceptors (Lipinski definition) is 3. The van der Waals surface area contributed by atoms with Crippen LogP contribution in [0.25, 0.3) is 0 Å². The molecule has 102 valence electrons. The number of carbonyl (C=O) groups is 1. The van der Waals surface area contributed by atoms with E-state index in [0.29, 0.717) is 25.0 Å². The molecule has 2 N–H and O–H groups in total. The van der Waals surface area contributed by atoms with Gasteiger partial charge in [-0.25, -0.2) is 0 Å². The number of rotatable bonds is 9. The van der Waals surface area contributed by atoms with E-state index in [-0.39, 0.29) is 11.9 Å². The van der Waals surface area contributed by atoms with Crippen molar-refractivity contribution in [3.05, 3.63) is 0 Å². The Hall–Kier alpha value is -0.610. The average Bonchev–Trinajstić information content (AvgIpc) is 2.22. The standard InChI is InChI=1S/C13H28N2O2/c1-10(2)9-17-7-6-14-8-13(16)15-12(5)11(3)4/h10-12,14H,6-9H2,1-5H3,(H,15,16). The lowest BCUT2D eigenvalue weighted by atomic mass is 10.1. The summed E-state index contributed by atoms with van der Waals surface area (Å²) in [6, 6.07) is 0.224. The Morgan fingerprint density at radius 2 is 1.82 bits per heavy atom. The van der Waals surface area contributed by atoms with Crippen LogP contribution < -0.4 is 10.6 Å². The molecule has 0 fully saturated rings. The predicted octanol–water partition coefficient (Wildman–Crippen LogP) is 1.41. The number of hydrogen-bond donors (Lipinski definition) is 2. The van der Waals surface area contributed by atoms with Gasteiger partial charge in [0.25, 0.3) is 0 Å². The summed E-state index contributed by atoms with van der Waals surface area (Å²) in [6.07, 6.45) is 0. The van der Waals surface area contributed by atoms with Crippen molar-refractivity contribution < 1.29 is 9.53 Å². The van der Waals surface area contributed by atoms with Crippen molar-refractivity contribution >= 4 is 5.91 Å². The lowest BCUT2D eigenvalue weighted by Gasteiger charge is -2.17. The minimum absolute atomic E-state index is 0.0510. The van der Waals surface area contributed by atoms with Crippen molar-refractivity contribution in [3.63, 3.8) is 0 Å². The first kappa shape index (κ1) is 16.4. The van der Waals surface area contributed by atoms with E-state index in [1.807, 2.05) is 6.92 Å². The molecule has 0 rings (SSSR count). The van der Waals surface area contributed by atoms with Gasteiger partial charge in [0.2, 0.25) is 5.91 Å². The molecule has 0 aromatic heterocycles. The molecule has 0 bridgehead atoms. The number of ether oxygens (including phenoxy) is 1. The van der Waals surface area contributed by atoms with Crippen LogP contribution in [0.5, 0.6) is 0 Å². The van der Waals surface area contributed by atoms with E-state index in [2.05, 4.69) is 38.3 Å². The van der Waals surface area contributed by atoms with Gasteiger partial charge in [-0.1, -0.05) is 27.7 Å². The van der Waals surface area contributed by atoms with E-state index in [0.717, 1.165) is 13.2 Å². The molecule has 4 nitrogen and oxygen atoms in total. The highest BCUT2D eigenvalue weighted by molar-refractivity contribution is 5.78. The van der Waals surface area contributed by atoms with Gasteiger partial charge < -0.3 is 15.4 Å². The third kappa shape index (κ3) is 10.3. The number of carbonyl (C=O) groups excluding carboxylic acids is 1. The highest BCUT2D eigenvalue weighted by Crippen LogP contribution is 1.98. The van der Waals surface area contributed by atoms with Crippen LogP contribution in [0.1, 0.15) is 34.6 Å². The summed E-state index contributed by atoms with van der Waals surface area (Å²) in [6.45, 7) is 13.0. The second kappa shape index (κ2) is 9.42. The van der Waals surface area contributed by atoms with Gasteiger partial charge in [0.1, 0.15) is 0 Å². The molecule has 4 heteroatoms. The topological polar surface area (TPSA) is 50.4 Å². The minimum atomic E-state index is 0.0510. The fraction of sp³-hybridized carbons (Fsp3) is 0.923. The molecular formula is C13H28N2O2. The zero-order valence-corrected chi connectivity index (χ0v) is 11.9. The van der Waals surface area contributed by atoms with Gasteiger partial charge >= 0.3 is 0 Å². The Kier molecular flexibility index (Phi) is 9.09. The normalized spacial score (nSPS) is 13.1. The quantitative estimate of drug-likeness (QED) is 0.603. The summed E-state index contributed by atoms with van der Waals surface area (Å²) >= 11 is 0. The van der Waals surface area contributed by atoms with E-state index in [1.54, 1.807) is 0 Å². The average molecular weight is 244 g/mol. The fourth-order valence-electron chi connectivity index (χ4n) is 1.14. The molecule has 0 spiro atoms. The molecule has 1 unspecified atom stereocenters. The van der Waals surface area contributed by atoms with Crippen LogP contribution in [0.4, 0.5) is 0 Å². The molecular weight excluding hydrogens is 216 g/mol. The van der Waals surface area contributed by atoms with Gasteiger partial charge in [-0.15, -0.1) is 0 Å². The largest absolute Gasteiger partial charge is 0.380 e. The molecule has 0 saturated heterocycles. The predicted molar refractivity (Wildman–Crippen MR) is 71.0 cm³/mol. The number of nitrogens with one attached hydrogen (secondary N) is 2. The Labute approximate surface area is 105 Å². The smallest absolute Gasteiger partial charge is 0.234 e. The van der Waals surface area contributed by atoms with Crippen molar-refractivity contribution in [2.24, 2.45) is 11.8 Å². The van der Waals surface area contributed by atoms with Gasteiger partial charge in [0.15, 0.2) is 0 Å².